The molecule has 1 aliphatic heterocycles. The SMILES string of the molecule is Cl.Cn1ccnc1C1CNCCN1C(=O)c1cccc(OCc2ccccc2)c1. The first-order chi connectivity index (χ1) is 13.7. The number of hydrogen-bond donors (Lipinski definition) is 1. The van der Waals surface area contributed by atoms with Crippen LogP contribution in [0.2, 0.25) is 0 Å². The highest BCUT2D eigenvalue weighted by Crippen LogP contribution is 2.24. The fourth-order valence-electron chi connectivity index (χ4n) is 3.50. The second kappa shape index (κ2) is 9.58. The van der Waals surface area contributed by atoms with Gasteiger partial charge >= 0.3 is 0 Å². The molecule has 1 aliphatic rings. The van der Waals surface area contributed by atoms with Crippen LogP contribution in [0.1, 0.15) is 27.8 Å². The van der Waals surface area contributed by atoms with Crippen molar-refractivity contribution in [1.82, 2.24) is 19.8 Å². The summed E-state index contributed by atoms with van der Waals surface area (Å²) in [7, 11) is 1.96. The lowest BCUT2D eigenvalue weighted by molar-refractivity contribution is 0.0620. The van der Waals surface area contributed by atoms with E-state index < -0.39 is 0 Å². The van der Waals surface area contributed by atoms with Crippen LogP contribution in [0, 0.1) is 0 Å². The molecular formula is C22H25ClN4O2. The summed E-state index contributed by atoms with van der Waals surface area (Å²) in [6.07, 6.45) is 3.68. The van der Waals surface area contributed by atoms with Crippen LogP contribution in [0.4, 0.5) is 0 Å². The van der Waals surface area contributed by atoms with Crippen LogP contribution in [0.5, 0.6) is 5.75 Å². The molecule has 0 aliphatic carbocycles. The maximum Gasteiger partial charge on any atom is 0.254 e. The van der Waals surface area contributed by atoms with E-state index in [2.05, 4.69) is 10.3 Å². The van der Waals surface area contributed by atoms with Crippen LogP contribution in [0.15, 0.2) is 67.0 Å². The van der Waals surface area contributed by atoms with Gasteiger partial charge < -0.3 is 19.5 Å². The first-order valence-electron chi connectivity index (χ1n) is 9.48. The van der Waals surface area contributed by atoms with Gasteiger partial charge in [-0.3, -0.25) is 4.79 Å². The first-order valence-corrected chi connectivity index (χ1v) is 9.48. The quantitative estimate of drug-likeness (QED) is 0.699. The summed E-state index contributed by atoms with van der Waals surface area (Å²) in [5.74, 6) is 1.58. The third-order valence-electron chi connectivity index (χ3n) is 4.99. The molecular weight excluding hydrogens is 388 g/mol. The number of ether oxygens (including phenoxy) is 1. The second-order valence-electron chi connectivity index (χ2n) is 6.92. The number of carbonyl (C=O) groups excluding carboxylic acids is 1. The van der Waals surface area contributed by atoms with Crippen molar-refractivity contribution in [1.29, 1.82) is 0 Å². The molecule has 4 rings (SSSR count). The summed E-state index contributed by atoms with van der Waals surface area (Å²) in [5.41, 5.74) is 1.72. The van der Waals surface area contributed by atoms with Crippen molar-refractivity contribution in [3.8, 4) is 5.75 Å². The lowest BCUT2D eigenvalue weighted by atomic mass is 10.1. The van der Waals surface area contributed by atoms with E-state index in [4.69, 9.17) is 4.74 Å². The second-order valence-corrected chi connectivity index (χ2v) is 6.92. The van der Waals surface area contributed by atoms with Gasteiger partial charge in [-0.2, -0.15) is 0 Å². The molecule has 1 amide bonds. The Hall–Kier alpha value is -2.83. The van der Waals surface area contributed by atoms with Crippen LogP contribution in [0.25, 0.3) is 0 Å². The molecule has 1 aromatic heterocycles. The van der Waals surface area contributed by atoms with Crippen LogP contribution >= 0.6 is 12.4 Å². The summed E-state index contributed by atoms with van der Waals surface area (Å²) in [5, 5.41) is 3.36. The van der Waals surface area contributed by atoms with Gasteiger partial charge in [-0.1, -0.05) is 36.4 Å². The fraction of sp³-hybridized carbons (Fsp3) is 0.273. The van der Waals surface area contributed by atoms with Gasteiger partial charge in [0.1, 0.15) is 24.2 Å². The molecule has 1 atom stereocenters. The van der Waals surface area contributed by atoms with Gasteiger partial charge in [-0.05, 0) is 23.8 Å². The van der Waals surface area contributed by atoms with Crippen LogP contribution in [-0.4, -0.2) is 40.0 Å². The fourth-order valence-corrected chi connectivity index (χ4v) is 3.50. The average molecular weight is 413 g/mol. The Balaban J connectivity index is 0.00000240. The Bertz CT molecular complexity index is 945. The maximum absolute atomic E-state index is 13.2. The standard InChI is InChI=1S/C22H24N4O2.ClH/c1-25-12-11-24-21(25)20-15-23-10-13-26(20)22(27)18-8-5-9-19(14-18)28-16-17-6-3-2-4-7-17;/h2-9,11-12,14,20,23H,10,13,15-16H2,1H3;1H. The van der Waals surface area contributed by atoms with E-state index in [1.807, 2.05) is 77.3 Å². The highest BCUT2D eigenvalue weighted by molar-refractivity contribution is 5.95. The molecule has 2 heterocycles. The van der Waals surface area contributed by atoms with Crippen molar-refractivity contribution >= 4 is 18.3 Å². The maximum atomic E-state index is 13.2. The molecule has 0 radical (unpaired) electrons. The Morgan fingerprint density at radius 2 is 2.03 bits per heavy atom. The number of nitrogens with one attached hydrogen (secondary N) is 1. The molecule has 1 fully saturated rings. The van der Waals surface area contributed by atoms with E-state index in [9.17, 15) is 4.79 Å². The molecule has 7 heteroatoms. The van der Waals surface area contributed by atoms with Gasteiger partial charge in [0.15, 0.2) is 0 Å². The molecule has 3 aromatic rings. The van der Waals surface area contributed by atoms with Crippen molar-refractivity contribution in [3.05, 3.63) is 83.9 Å². The summed E-state index contributed by atoms with van der Waals surface area (Å²) in [4.78, 5) is 19.6. The molecule has 1 unspecified atom stereocenters. The summed E-state index contributed by atoms with van der Waals surface area (Å²) >= 11 is 0. The van der Waals surface area contributed by atoms with E-state index in [1.165, 1.54) is 0 Å². The molecule has 0 saturated carbocycles. The van der Waals surface area contributed by atoms with Crippen LogP contribution in [-0.2, 0) is 13.7 Å². The number of halogens is 1. The van der Waals surface area contributed by atoms with Gasteiger partial charge in [-0.25, -0.2) is 4.98 Å². The number of hydrogen-bond acceptors (Lipinski definition) is 4. The zero-order valence-corrected chi connectivity index (χ0v) is 17.1. The van der Waals surface area contributed by atoms with Crippen molar-refractivity contribution in [2.24, 2.45) is 7.05 Å². The van der Waals surface area contributed by atoms with Crippen molar-refractivity contribution in [2.45, 2.75) is 12.6 Å². The number of aromatic nitrogens is 2. The monoisotopic (exact) mass is 412 g/mol. The third kappa shape index (κ3) is 4.78. The molecule has 6 nitrogen and oxygen atoms in total. The van der Waals surface area contributed by atoms with E-state index >= 15 is 0 Å². The number of imidazole rings is 1. The van der Waals surface area contributed by atoms with Gasteiger partial charge in [0.2, 0.25) is 0 Å². The molecule has 0 bridgehead atoms. The van der Waals surface area contributed by atoms with Gasteiger partial charge in [0.25, 0.3) is 5.91 Å². The normalized spacial score (nSPS) is 16.2. The van der Waals surface area contributed by atoms with Gasteiger partial charge in [-0.15, -0.1) is 12.4 Å². The number of piperazine rings is 1. The minimum absolute atomic E-state index is 0. The number of nitrogens with zero attached hydrogens (tertiary/aromatic N) is 3. The van der Waals surface area contributed by atoms with E-state index in [0.29, 0.717) is 31.0 Å². The van der Waals surface area contributed by atoms with Crippen molar-refractivity contribution < 1.29 is 9.53 Å². The number of aryl methyl sites for hydroxylation is 1. The molecule has 152 valence electrons. The molecule has 2 aromatic carbocycles. The number of amides is 1. The summed E-state index contributed by atoms with van der Waals surface area (Å²) in [6.45, 7) is 2.59. The zero-order valence-electron chi connectivity index (χ0n) is 16.3. The number of benzene rings is 2. The minimum atomic E-state index is -0.0878. The van der Waals surface area contributed by atoms with E-state index in [1.54, 1.807) is 6.20 Å². The smallest absolute Gasteiger partial charge is 0.254 e. The molecule has 29 heavy (non-hydrogen) atoms. The number of rotatable bonds is 5. The largest absolute Gasteiger partial charge is 0.489 e. The zero-order chi connectivity index (χ0) is 19.3. The Labute approximate surface area is 176 Å². The Morgan fingerprint density at radius 1 is 1.21 bits per heavy atom. The average Bonchev–Trinajstić information content (AvgIpc) is 3.18. The highest BCUT2D eigenvalue weighted by atomic mass is 35.5. The lowest BCUT2D eigenvalue weighted by Gasteiger charge is -2.35. The molecule has 1 N–H and O–H groups in total. The number of carbonyl (C=O) groups is 1. The van der Waals surface area contributed by atoms with Gasteiger partial charge in [0, 0.05) is 44.6 Å². The van der Waals surface area contributed by atoms with Crippen molar-refractivity contribution in [3.63, 3.8) is 0 Å². The topological polar surface area (TPSA) is 59.4 Å². The minimum Gasteiger partial charge on any atom is -0.489 e. The Kier molecular flexibility index (Phi) is 6.90. The highest BCUT2D eigenvalue weighted by Gasteiger charge is 2.31. The van der Waals surface area contributed by atoms with E-state index in [-0.39, 0.29) is 24.4 Å². The Morgan fingerprint density at radius 3 is 2.79 bits per heavy atom. The van der Waals surface area contributed by atoms with Crippen LogP contribution < -0.4 is 10.1 Å². The first kappa shape index (κ1) is 20.9. The molecule has 0 spiro atoms. The van der Waals surface area contributed by atoms with Crippen LogP contribution in [0.3, 0.4) is 0 Å². The predicted octanol–water partition coefficient (Wildman–Crippen LogP) is 3.21. The summed E-state index contributed by atoms with van der Waals surface area (Å²) in [6, 6.07) is 17.3. The van der Waals surface area contributed by atoms with Crippen molar-refractivity contribution in [2.75, 3.05) is 19.6 Å². The van der Waals surface area contributed by atoms with Gasteiger partial charge in [0.05, 0.1) is 0 Å². The predicted molar refractivity (Wildman–Crippen MR) is 114 cm³/mol. The molecule has 1 saturated heterocycles. The lowest BCUT2D eigenvalue weighted by Crippen LogP contribution is -2.49. The summed E-state index contributed by atoms with van der Waals surface area (Å²) < 4.78 is 7.86. The third-order valence-corrected chi connectivity index (χ3v) is 4.99. The van der Waals surface area contributed by atoms with E-state index in [0.717, 1.165) is 17.9 Å².